The summed E-state index contributed by atoms with van der Waals surface area (Å²) < 4.78 is 2.15. The standard InChI is InChI=1S/C15H14ClN3/c1-11-5-4-7-13-15(11)19(14(9-16)18-13)10-12-6-2-3-8-17-12/h2-8H,9-10H2,1H3. The number of aromatic nitrogens is 3. The van der Waals surface area contributed by atoms with Crippen molar-refractivity contribution in [1.29, 1.82) is 0 Å². The fraction of sp³-hybridized carbons (Fsp3) is 0.200. The van der Waals surface area contributed by atoms with E-state index in [4.69, 9.17) is 11.6 Å². The van der Waals surface area contributed by atoms with Crippen molar-refractivity contribution in [3.8, 4) is 0 Å². The summed E-state index contributed by atoms with van der Waals surface area (Å²) in [6, 6.07) is 12.1. The number of pyridine rings is 1. The van der Waals surface area contributed by atoms with Gasteiger partial charge in [-0.2, -0.15) is 0 Å². The molecule has 4 heteroatoms. The summed E-state index contributed by atoms with van der Waals surface area (Å²) in [6.07, 6.45) is 1.81. The predicted octanol–water partition coefficient (Wildman–Crippen LogP) is 3.53. The zero-order valence-corrected chi connectivity index (χ0v) is 11.4. The quantitative estimate of drug-likeness (QED) is 0.683. The number of hydrogen-bond donors (Lipinski definition) is 0. The van der Waals surface area contributed by atoms with Crippen LogP contribution in [-0.4, -0.2) is 14.5 Å². The average Bonchev–Trinajstić information content (AvgIpc) is 2.79. The smallest absolute Gasteiger partial charge is 0.125 e. The van der Waals surface area contributed by atoms with Crippen molar-refractivity contribution in [3.05, 3.63) is 59.7 Å². The summed E-state index contributed by atoms with van der Waals surface area (Å²) in [4.78, 5) is 8.97. The van der Waals surface area contributed by atoms with Gasteiger partial charge in [0.25, 0.3) is 0 Å². The molecule has 0 fully saturated rings. The summed E-state index contributed by atoms with van der Waals surface area (Å²) in [5.41, 5.74) is 4.35. The summed E-state index contributed by atoms with van der Waals surface area (Å²) >= 11 is 6.02. The monoisotopic (exact) mass is 271 g/mol. The number of aryl methyl sites for hydroxylation is 1. The van der Waals surface area contributed by atoms with Gasteiger partial charge in [-0.3, -0.25) is 4.98 Å². The van der Waals surface area contributed by atoms with E-state index in [1.807, 2.05) is 36.5 Å². The minimum Gasteiger partial charge on any atom is -0.321 e. The molecule has 0 saturated heterocycles. The molecule has 0 bridgehead atoms. The van der Waals surface area contributed by atoms with Crippen LogP contribution in [0.15, 0.2) is 42.6 Å². The largest absolute Gasteiger partial charge is 0.321 e. The molecule has 3 nitrogen and oxygen atoms in total. The Hall–Kier alpha value is -1.87. The van der Waals surface area contributed by atoms with Gasteiger partial charge in [-0.05, 0) is 30.7 Å². The molecule has 19 heavy (non-hydrogen) atoms. The van der Waals surface area contributed by atoms with Crippen molar-refractivity contribution >= 4 is 22.6 Å². The number of imidazole rings is 1. The second kappa shape index (κ2) is 5.02. The topological polar surface area (TPSA) is 30.7 Å². The maximum absolute atomic E-state index is 6.02. The van der Waals surface area contributed by atoms with E-state index in [0.29, 0.717) is 12.4 Å². The number of rotatable bonds is 3. The molecule has 0 atom stereocenters. The molecule has 2 heterocycles. The maximum Gasteiger partial charge on any atom is 0.125 e. The molecule has 0 amide bonds. The summed E-state index contributed by atoms with van der Waals surface area (Å²) in [5, 5.41) is 0. The fourth-order valence-electron chi connectivity index (χ4n) is 2.34. The zero-order valence-electron chi connectivity index (χ0n) is 10.7. The minimum absolute atomic E-state index is 0.404. The first kappa shape index (κ1) is 12.2. The molecule has 3 rings (SSSR count). The van der Waals surface area contributed by atoms with Gasteiger partial charge in [0.2, 0.25) is 0 Å². The highest BCUT2D eigenvalue weighted by molar-refractivity contribution is 6.16. The van der Waals surface area contributed by atoms with Gasteiger partial charge in [0, 0.05) is 6.20 Å². The molecule has 3 aromatic rings. The van der Waals surface area contributed by atoms with Crippen LogP contribution in [0, 0.1) is 6.92 Å². The molecule has 0 unspecified atom stereocenters. The van der Waals surface area contributed by atoms with Crippen LogP contribution in [0.2, 0.25) is 0 Å². The van der Waals surface area contributed by atoms with E-state index in [1.54, 1.807) is 0 Å². The molecule has 96 valence electrons. The fourth-order valence-corrected chi connectivity index (χ4v) is 2.54. The third-order valence-electron chi connectivity index (χ3n) is 3.21. The molecule has 0 radical (unpaired) electrons. The number of benzene rings is 1. The lowest BCUT2D eigenvalue weighted by Crippen LogP contribution is -2.05. The average molecular weight is 272 g/mol. The first-order chi connectivity index (χ1) is 9.29. The Balaban J connectivity index is 2.16. The van der Waals surface area contributed by atoms with Gasteiger partial charge in [-0.25, -0.2) is 4.98 Å². The van der Waals surface area contributed by atoms with Crippen LogP contribution in [0.5, 0.6) is 0 Å². The third-order valence-corrected chi connectivity index (χ3v) is 3.45. The number of halogens is 1. The Morgan fingerprint density at radius 1 is 1.16 bits per heavy atom. The Morgan fingerprint density at radius 2 is 2.05 bits per heavy atom. The van der Waals surface area contributed by atoms with Crippen molar-refractivity contribution in [1.82, 2.24) is 14.5 Å². The van der Waals surface area contributed by atoms with Gasteiger partial charge in [0.05, 0.1) is 29.2 Å². The van der Waals surface area contributed by atoms with Gasteiger partial charge < -0.3 is 4.57 Å². The second-order valence-electron chi connectivity index (χ2n) is 4.51. The minimum atomic E-state index is 0.404. The summed E-state index contributed by atoms with van der Waals surface area (Å²) in [6.45, 7) is 2.79. The second-order valence-corrected chi connectivity index (χ2v) is 4.78. The van der Waals surface area contributed by atoms with Crippen LogP contribution < -0.4 is 0 Å². The molecule has 0 aliphatic carbocycles. The number of para-hydroxylation sites is 1. The lowest BCUT2D eigenvalue weighted by Gasteiger charge is -2.08. The van der Waals surface area contributed by atoms with E-state index in [-0.39, 0.29) is 0 Å². The van der Waals surface area contributed by atoms with Crippen molar-refractivity contribution in [2.75, 3.05) is 0 Å². The molecular weight excluding hydrogens is 258 g/mol. The van der Waals surface area contributed by atoms with Crippen molar-refractivity contribution in [2.24, 2.45) is 0 Å². The highest BCUT2D eigenvalue weighted by Gasteiger charge is 2.12. The van der Waals surface area contributed by atoms with E-state index in [9.17, 15) is 0 Å². The Bertz CT molecular complexity index is 704. The predicted molar refractivity (Wildman–Crippen MR) is 77.4 cm³/mol. The third kappa shape index (κ3) is 2.22. The maximum atomic E-state index is 6.02. The molecule has 0 aliphatic heterocycles. The number of fused-ring (bicyclic) bond motifs is 1. The Kier molecular flexibility index (Phi) is 3.22. The molecule has 0 aliphatic rings. The Labute approximate surface area is 116 Å². The summed E-state index contributed by atoms with van der Waals surface area (Å²) in [5.74, 6) is 1.29. The number of alkyl halides is 1. The van der Waals surface area contributed by atoms with Crippen LogP contribution >= 0.6 is 11.6 Å². The van der Waals surface area contributed by atoms with Crippen LogP contribution in [0.3, 0.4) is 0 Å². The van der Waals surface area contributed by atoms with Crippen LogP contribution in [0.25, 0.3) is 11.0 Å². The van der Waals surface area contributed by atoms with Crippen molar-refractivity contribution < 1.29 is 0 Å². The molecule has 0 saturated carbocycles. The van der Waals surface area contributed by atoms with Gasteiger partial charge >= 0.3 is 0 Å². The van der Waals surface area contributed by atoms with E-state index in [2.05, 4.69) is 27.5 Å². The lowest BCUT2D eigenvalue weighted by molar-refractivity contribution is 0.756. The highest BCUT2D eigenvalue weighted by Crippen LogP contribution is 2.22. The van der Waals surface area contributed by atoms with Crippen LogP contribution in [0.1, 0.15) is 17.1 Å². The lowest BCUT2D eigenvalue weighted by atomic mass is 10.2. The first-order valence-corrected chi connectivity index (χ1v) is 6.73. The van der Waals surface area contributed by atoms with Crippen LogP contribution in [-0.2, 0) is 12.4 Å². The zero-order chi connectivity index (χ0) is 13.2. The molecule has 0 spiro atoms. The molecular formula is C15H14ClN3. The highest BCUT2D eigenvalue weighted by atomic mass is 35.5. The molecule has 1 aromatic carbocycles. The van der Waals surface area contributed by atoms with Gasteiger partial charge in [-0.1, -0.05) is 18.2 Å². The Morgan fingerprint density at radius 3 is 2.79 bits per heavy atom. The normalized spacial score (nSPS) is 11.1. The van der Waals surface area contributed by atoms with Gasteiger partial charge in [-0.15, -0.1) is 11.6 Å². The number of hydrogen-bond acceptors (Lipinski definition) is 2. The van der Waals surface area contributed by atoms with Crippen molar-refractivity contribution in [2.45, 2.75) is 19.3 Å². The van der Waals surface area contributed by atoms with Crippen LogP contribution in [0.4, 0.5) is 0 Å². The van der Waals surface area contributed by atoms with Crippen molar-refractivity contribution in [3.63, 3.8) is 0 Å². The van der Waals surface area contributed by atoms with E-state index in [0.717, 1.165) is 22.6 Å². The molecule has 2 aromatic heterocycles. The number of nitrogens with zero attached hydrogens (tertiary/aromatic N) is 3. The summed E-state index contributed by atoms with van der Waals surface area (Å²) in [7, 11) is 0. The first-order valence-electron chi connectivity index (χ1n) is 6.20. The van der Waals surface area contributed by atoms with E-state index >= 15 is 0 Å². The van der Waals surface area contributed by atoms with E-state index in [1.165, 1.54) is 5.56 Å². The van der Waals surface area contributed by atoms with Gasteiger partial charge in [0.15, 0.2) is 0 Å². The van der Waals surface area contributed by atoms with E-state index < -0.39 is 0 Å². The van der Waals surface area contributed by atoms with Gasteiger partial charge in [0.1, 0.15) is 5.82 Å². The molecule has 0 N–H and O–H groups in total. The SMILES string of the molecule is Cc1cccc2nc(CCl)n(Cc3ccccn3)c12.